The second-order valence-corrected chi connectivity index (χ2v) is 8.09. The highest BCUT2D eigenvalue weighted by Crippen LogP contribution is 2.26. The molecule has 1 aromatic rings. The fraction of sp³-hybridized carbons (Fsp3) is 0.600. The molecule has 112 valence electrons. The number of benzene rings is 1. The molecule has 0 radical (unpaired) electrons. The second kappa shape index (κ2) is 5.84. The van der Waals surface area contributed by atoms with Crippen molar-refractivity contribution in [2.24, 2.45) is 0 Å². The van der Waals surface area contributed by atoms with Crippen LogP contribution in [0.2, 0.25) is 0 Å². The predicted octanol–water partition coefficient (Wildman–Crippen LogP) is 1.70. The highest BCUT2D eigenvalue weighted by Gasteiger charge is 2.36. The lowest BCUT2D eigenvalue weighted by molar-refractivity contribution is -0.000403. The summed E-state index contributed by atoms with van der Waals surface area (Å²) in [4.78, 5) is 2.47. The van der Waals surface area contributed by atoms with Crippen molar-refractivity contribution in [1.29, 1.82) is 0 Å². The highest BCUT2D eigenvalue weighted by molar-refractivity contribution is 7.91. The molecule has 1 fully saturated rings. The van der Waals surface area contributed by atoms with E-state index in [4.69, 9.17) is 0 Å². The van der Waals surface area contributed by atoms with Crippen molar-refractivity contribution in [3.63, 3.8) is 0 Å². The Balaban J connectivity index is 2.02. The predicted molar refractivity (Wildman–Crippen MR) is 79.4 cm³/mol. The summed E-state index contributed by atoms with van der Waals surface area (Å²) in [6.45, 7) is 4.92. The third-order valence-corrected chi connectivity index (χ3v) is 5.64. The first kappa shape index (κ1) is 15.5. The molecule has 1 N–H and O–H groups in total. The molecule has 1 saturated heterocycles. The van der Waals surface area contributed by atoms with Gasteiger partial charge in [0.15, 0.2) is 9.84 Å². The maximum Gasteiger partial charge on any atom is 0.179 e. The molecule has 1 aliphatic heterocycles. The second-order valence-electron chi connectivity index (χ2n) is 5.98. The van der Waals surface area contributed by atoms with Crippen molar-refractivity contribution >= 4 is 9.84 Å². The van der Waals surface area contributed by atoms with Gasteiger partial charge in [0.1, 0.15) is 0 Å². The largest absolute Gasteiger partial charge is 0.389 e. The van der Waals surface area contributed by atoms with Crippen LogP contribution in [0.15, 0.2) is 35.2 Å². The van der Waals surface area contributed by atoms with Gasteiger partial charge in [0.2, 0.25) is 0 Å². The Kier molecular flexibility index (Phi) is 4.52. The van der Waals surface area contributed by atoms with Gasteiger partial charge in [-0.3, -0.25) is 4.90 Å². The van der Waals surface area contributed by atoms with E-state index in [-0.39, 0.29) is 11.8 Å². The fourth-order valence-corrected chi connectivity index (χ4v) is 4.16. The summed E-state index contributed by atoms with van der Waals surface area (Å²) in [6, 6.07) is 8.60. The van der Waals surface area contributed by atoms with Crippen LogP contribution in [0, 0.1) is 0 Å². The Morgan fingerprint density at radius 3 is 2.55 bits per heavy atom. The smallest absolute Gasteiger partial charge is 0.179 e. The van der Waals surface area contributed by atoms with Crippen LogP contribution in [0.1, 0.15) is 26.7 Å². The third kappa shape index (κ3) is 3.59. The van der Waals surface area contributed by atoms with E-state index >= 15 is 0 Å². The van der Waals surface area contributed by atoms with Crippen LogP contribution in [0.25, 0.3) is 0 Å². The molecular weight excluding hydrogens is 274 g/mol. The van der Waals surface area contributed by atoms with Gasteiger partial charge in [-0.2, -0.15) is 0 Å². The minimum Gasteiger partial charge on any atom is -0.389 e. The molecule has 1 atom stereocenters. The Hall–Kier alpha value is -0.910. The Bertz CT molecular complexity index is 534. The van der Waals surface area contributed by atoms with Gasteiger partial charge >= 0.3 is 0 Å². The first-order valence-corrected chi connectivity index (χ1v) is 8.70. The van der Waals surface area contributed by atoms with Gasteiger partial charge in [0.25, 0.3) is 0 Å². The number of hydrogen-bond donors (Lipinski definition) is 1. The lowest BCUT2D eigenvalue weighted by Gasteiger charge is -2.33. The van der Waals surface area contributed by atoms with Gasteiger partial charge in [0.05, 0.1) is 16.2 Å². The molecule has 4 nitrogen and oxygen atoms in total. The van der Waals surface area contributed by atoms with Gasteiger partial charge in [-0.05, 0) is 45.4 Å². The minimum atomic E-state index is -3.24. The SMILES string of the molecule is CC(C)(O)C1CCCN1CCS(=O)(=O)c1ccccc1. The zero-order chi connectivity index (χ0) is 14.8. The lowest BCUT2D eigenvalue weighted by Crippen LogP contribution is -2.47. The third-order valence-electron chi connectivity index (χ3n) is 3.93. The van der Waals surface area contributed by atoms with Crippen LogP contribution in [0.4, 0.5) is 0 Å². The summed E-state index contributed by atoms with van der Waals surface area (Å²) < 4.78 is 24.5. The molecule has 0 spiro atoms. The standard InChI is InChI=1S/C15H23NO3S/c1-15(2,17)14-9-6-10-16(14)11-12-20(18,19)13-7-4-3-5-8-13/h3-5,7-8,14,17H,6,9-12H2,1-2H3. The Labute approximate surface area is 121 Å². The summed E-state index contributed by atoms with van der Waals surface area (Å²) in [5.74, 6) is 0.101. The highest BCUT2D eigenvalue weighted by atomic mass is 32.2. The van der Waals surface area contributed by atoms with Gasteiger partial charge in [-0.15, -0.1) is 0 Å². The van der Waals surface area contributed by atoms with E-state index in [1.165, 1.54) is 0 Å². The first-order chi connectivity index (χ1) is 9.31. The van der Waals surface area contributed by atoms with E-state index < -0.39 is 15.4 Å². The Morgan fingerprint density at radius 2 is 1.95 bits per heavy atom. The summed E-state index contributed by atoms with van der Waals surface area (Å²) in [6.07, 6.45) is 1.94. The normalized spacial score (nSPS) is 21.2. The quantitative estimate of drug-likeness (QED) is 0.898. The average Bonchev–Trinajstić information content (AvgIpc) is 2.86. The van der Waals surface area contributed by atoms with E-state index in [1.54, 1.807) is 38.1 Å². The van der Waals surface area contributed by atoms with Crippen molar-refractivity contribution in [3.8, 4) is 0 Å². The number of nitrogens with zero attached hydrogens (tertiary/aromatic N) is 1. The van der Waals surface area contributed by atoms with Crippen LogP contribution in [0.3, 0.4) is 0 Å². The monoisotopic (exact) mass is 297 g/mol. The van der Waals surface area contributed by atoms with Crippen molar-refractivity contribution in [2.45, 2.75) is 43.2 Å². The van der Waals surface area contributed by atoms with Crippen LogP contribution in [-0.4, -0.2) is 48.9 Å². The van der Waals surface area contributed by atoms with E-state index in [9.17, 15) is 13.5 Å². The number of likely N-dealkylation sites (tertiary alicyclic amines) is 1. The minimum absolute atomic E-state index is 0.0495. The lowest BCUT2D eigenvalue weighted by atomic mass is 9.97. The van der Waals surface area contributed by atoms with Gasteiger partial charge < -0.3 is 5.11 Å². The number of rotatable bonds is 5. The van der Waals surface area contributed by atoms with Crippen molar-refractivity contribution < 1.29 is 13.5 Å². The molecule has 1 unspecified atom stereocenters. The van der Waals surface area contributed by atoms with Crippen LogP contribution >= 0.6 is 0 Å². The van der Waals surface area contributed by atoms with Crippen LogP contribution < -0.4 is 0 Å². The molecule has 0 aromatic heterocycles. The van der Waals surface area contributed by atoms with Crippen molar-refractivity contribution in [3.05, 3.63) is 30.3 Å². The topological polar surface area (TPSA) is 57.6 Å². The van der Waals surface area contributed by atoms with Gasteiger partial charge in [-0.1, -0.05) is 18.2 Å². The van der Waals surface area contributed by atoms with Crippen molar-refractivity contribution in [2.75, 3.05) is 18.8 Å². The summed E-state index contributed by atoms with van der Waals surface area (Å²) in [5, 5.41) is 10.1. The number of hydrogen-bond acceptors (Lipinski definition) is 4. The zero-order valence-corrected chi connectivity index (χ0v) is 12.9. The molecule has 1 aliphatic rings. The molecule has 2 rings (SSSR count). The molecular formula is C15H23NO3S. The van der Waals surface area contributed by atoms with E-state index in [2.05, 4.69) is 4.90 Å². The van der Waals surface area contributed by atoms with Gasteiger partial charge in [-0.25, -0.2) is 8.42 Å². The summed E-state index contributed by atoms with van der Waals surface area (Å²) in [7, 11) is -3.24. The van der Waals surface area contributed by atoms with E-state index in [1.807, 2.05) is 6.07 Å². The summed E-state index contributed by atoms with van der Waals surface area (Å²) >= 11 is 0. The number of sulfone groups is 1. The first-order valence-electron chi connectivity index (χ1n) is 7.05. The molecule has 0 saturated carbocycles. The van der Waals surface area contributed by atoms with E-state index in [0.717, 1.165) is 19.4 Å². The fourth-order valence-electron chi connectivity index (χ4n) is 2.88. The maximum atomic E-state index is 12.3. The molecule has 1 heterocycles. The van der Waals surface area contributed by atoms with Crippen LogP contribution in [0.5, 0.6) is 0 Å². The molecule has 0 bridgehead atoms. The number of aliphatic hydroxyl groups is 1. The molecule has 0 aliphatic carbocycles. The molecule has 0 amide bonds. The summed E-state index contributed by atoms with van der Waals surface area (Å²) in [5.41, 5.74) is -0.785. The average molecular weight is 297 g/mol. The van der Waals surface area contributed by atoms with Crippen molar-refractivity contribution in [1.82, 2.24) is 4.90 Å². The van der Waals surface area contributed by atoms with Gasteiger partial charge in [0, 0.05) is 12.6 Å². The molecule has 1 aromatic carbocycles. The Morgan fingerprint density at radius 1 is 1.30 bits per heavy atom. The van der Waals surface area contributed by atoms with E-state index in [0.29, 0.717) is 11.4 Å². The zero-order valence-electron chi connectivity index (χ0n) is 12.1. The molecule has 5 heteroatoms. The van der Waals surface area contributed by atoms with Crippen LogP contribution in [-0.2, 0) is 9.84 Å². The maximum absolute atomic E-state index is 12.3. The molecule has 20 heavy (non-hydrogen) atoms.